The summed E-state index contributed by atoms with van der Waals surface area (Å²) in [6.45, 7) is 3.79. The summed E-state index contributed by atoms with van der Waals surface area (Å²) >= 11 is 0. The maximum atomic E-state index is 11.5. The van der Waals surface area contributed by atoms with E-state index in [-0.39, 0.29) is 5.97 Å². The zero-order valence-electron chi connectivity index (χ0n) is 10.6. The van der Waals surface area contributed by atoms with Gasteiger partial charge in [0.05, 0.1) is 29.7 Å². The summed E-state index contributed by atoms with van der Waals surface area (Å²) in [4.78, 5) is 15.8. The largest absolute Gasteiger partial charge is 0.465 e. The maximum absolute atomic E-state index is 11.5. The van der Waals surface area contributed by atoms with E-state index in [1.54, 1.807) is 18.2 Å². The van der Waals surface area contributed by atoms with Crippen LogP contribution in [0.2, 0.25) is 0 Å². The molecule has 94 valence electrons. The zero-order valence-corrected chi connectivity index (χ0v) is 10.6. The summed E-state index contributed by atoms with van der Waals surface area (Å²) in [7, 11) is 1.35. The Morgan fingerprint density at radius 3 is 2.67 bits per heavy atom. The van der Waals surface area contributed by atoms with Gasteiger partial charge in [-0.25, -0.2) is 9.78 Å². The van der Waals surface area contributed by atoms with Crippen molar-refractivity contribution in [2.24, 2.45) is 0 Å². The summed E-state index contributed by atoms with van der Waals surface area (Å²) in [6.07, 6.45) is 1.88. The molecular formula is C13H15N3O2. The molecule has 0 aliphatic carbocycles. The molecule has 0 aliphatic heterocycles. The predicted octanol–water partition coefficient (Wildman–Crippen LogP) is 1.86. The second-order valence-corrected chi connectivity index (χ2v) is 4.06. The lowest BCUT2D eigenvalue weighted by molar-refractivity contribution is 0.0600. The van der Waals surface area contributed by atoms with Gasteiger partial charge in [0.25, 0.3) is 0 Å². The molecule has 2 N–H and O–H groups in total. The van der Waals surface area contributed by atoms with Gasteiger partial charge < -0.3 is 15.0 Å². The molecule has 0 bridgehead atoms. The quantitative estimate of drug-likeness (QED) is 0.647. The van der Waals surface area contributed by atoms with Gasteiger partial charge in [-0.15, -0.1) is 0 Å². The highest BCUT2D eigenvalue weighted by Crippen LogP contribution is 2.21. The first-order valence-corrected chi connectivity index (χ1v) is 5.53. The number of nitrogen functional groups attached to an aromatic ring is 1. The van der Waals surface area contributed by atoms with Gasteiger partial charge >= 0.3 is 5.97 Å². The third-order valence-corrected chi connectivity index (χ3v) is 2.71. The van der Waals surface area contributed by atoms with Crippen LogP contribution in [0.3, 0.4) is 0 Å². The van der Waals surface area contributed by atoms with Gasteiger partial charge in [-0.05, 0) is 32.0 Å². The summed E-state index contributed by atoms with van der Waals surface area (Å²) in [5.74, 6) is 0.437. The fourth-order valence-electron chi connectivity index (χ4n) is 1.86. The molecule has 0 aliphatic rings. The molecule has 0 saturated heterocycles. The second-order valence-electron chi connectivity index (χ2n) is 4.06. The Morgan fingerprint density at radius 1 is 1.39 bits per heavy atom. The number of carbonyl (C=O) groups excluding carboxylic acids is 1. The number of imidazole rings is 1. The molecule has 2 rings (SSSR count). The van der Waals surface area contributed by atoms with Crippen LogP contribution < -0.4 is 5.73 Å². The highest BCUT2D eigenvalue weighted by atomic mass is 16.5. The number of benzene rings is 1. The van der Waals surface area contributed by atoms with Crippen molar-refractivity contribution in [3.05, 3.63) is 41.5 Å². The molecule has 1 heterocycles. The molecule has 1 aromatic heterocycles. The summed E-state index contributed by atoms with van der Waals surface area (Å²) in [5.41, 5.74) is 8.62. The van der Waals surface area contributed by atoms with Gasteiger partial charge in [0.1, 0.15) is 5.82 Å². The molecule has 2 aromatic rings. The van der Waals surface area contributed by atoms with Crippen LogP contribution in [0.5, 0.6) is 0 Å². The molecule has 0 unspecified atom stereocenters. The monoisotopic (exact) mass is 245 g/mol. The Balaban J connectivity index is 2.56. The van der Waals surface area contributed by atoms with E-state index in [0.717, 1.165) is 17.2 Å². The van der Waals surface area contributed by atoms with E-state index in [9.17, 15) is 4.79 Å². The van der Waals surface area contributed by atoms with Crippen LogP contribution in [0.4, 0.5) is 5.69 Å². The molecule has 0 radical (unpaired) electrons. The van der Waals surface area contributed by atoms with Crippen molar-refractivity contribution in [2.75, 3.05) is 12.8 Å². The van der Waals surface area contributed by atoms with Crippen LogP contribution in [0.1, 0.15) is 21.9 Å². The van der Waals surface area contributed by atoms with Crippen molar-refractivity contribution in [2.45, 2.75) is 13.8 Å². The molecule has 1 aromatic carbocycles. The van der Waals surface area contributed by atoms with E-state index >= 15 is 0 Å². The number of esters is 1. The third kappa shape index (κ3) is 2.07. The van der Waals surface area contributed by atoms with Gasteiger partial charge in [-0.3, -0.25) is 0 Å². The Morgan fingerprint density at radius 2 is 2.11 bits per heavy atom. The maximum Gasteiger partial charge on any atom is 0.337 e. The molecule has 0 spiro atoms. The molecule has 0 amide bonds. The number of methoxy groups -OCH3 is 1. The standard InChI is InChI=1S/C13H15N3O2/c1-8-7-16(9(2)15-8)12-6-10(13(17)18-3)4-5-11(12)14/h4-7H,14H2,1-3H3. The average Bonchev–Trinajstić information content (AvgIpc) is 2.68. The fraction of sp³-hybridized carbons (Fsp3) is 0.231. The number of hydrogen-bond donors (Lipinski definition) is 1. The minimum atomic E-state index is -0.384. The Labute approximate surface area is 105 Å². The number of ether oxygens (including phenoxy) is 1. The molecule has 5 nitrogen and oxygen atoms in total. The zero-order chi connectivity index (χ0) is 13.3. The minimum absolute atomic E-state index is 0.384. The molecular weight excluding hydrogens is 230 g/mol. The van der Waals surface area contributed by atoms with Crippen molar-refractivity contribution in [3.8, 4) is 5.69 Å². The smallest absolute Gasteiger partial charge is 0.337 e. The Bertz CT molecular complexity index is 602. The van der Waals surface area contributed by atoms with Crippen LogP contribution in [0.15, 0.2) is 24.4 Å². The number of anilines is 1. The van der Waals surface area contributed by atoms with Crippen LogP contribution in [-0.2, 0) is 4.74 Å². The van der Waals surface area contributed by atoms with Gasteiger partial charge in [0.15, 0.2) is 0 Å². The molecule has 0 atom stereocenters. The lowest BCUT2D eigenvalue weighted by atomic mass is 10.1. The van der Waals surface area contributed by atoms with Crippen LogP contribution in [0.25, 0.3) is 5.69 Å². The summed E-state index contributed by atoms with van der Waals surface area (Å²) < 4.78 is 6.56. The third-order valence-electron chi connectivity index (χ3n) is 2.71. The Kier molecular flexibility index (Phi) is 3.06. The summed E-state index contributed by atoms with van der Waals surface area (Å²) in [6, 6.07) is 5.04. The lowest BCUT2D eigenvalue weighted by Crippen LogP contribution is -2.06. The normalized spacial score (nSPS) is 10.4. The first-order valence-electron chi connectivity index (χ1n) is 5.53. The number of nitrogens with zero attached hydrogens (tertiary/aromatic N) is 2. The van der Waals surface area contributed by atoms with E-state index in [1.165, 1.54) is 7.11 Å². The van der Waals surface area contributed by atoms with Gasteiger partial charge in [-0.1, -0.05) is 0 Å². The van der Waals surface area contributed by atoms with Crippen LogP contribution in [-0.4, -0.2) is 22.6 Å². The van der Waals surface area contributed by atoms with E-state index in [0.29, 0.717) is 11.3 Å². The van der Waals surface area contributed by atoms with Crippen LogP contribution in [0, 0.1) is 13.8 Å². The molecule has 0 fully saturated rings. The number of aromatic nitrogens is 2. The SMILES string of the molecule is COC(=O)c1ccc(N)c(-n2cc(C)nc2C)c1. The lowest BCUT2D eigenvalue weighted by Gasteiger charge is -2.10. The topological polar surface area (TPSA) is 70.1 Å². The molecule has 5 heteroatoms. The highest BCUT2D eigenvalue weighted by molar-refractivity contribution is 5.91. The first-order chi connectivity index (χ1) is 8.52. The second kappa shape index (κ2) is 4.52. The highest BCUT2D eigenvalue weighted by Gasteiger charge is 2.11. The summed E-state index contributed by atoms with van der Waals surface area (Å²) in [5, 5.41) is 0. The number of nitrogens with two attached hydrogens (primary N) is 1. The van der Waals surface area contributed by atoms with E-state index in [1.807, 2.05) is 24.6 Å². The van der Waals surface area contributed by atoms with Gasteiger partial charge in [0, 0.05) is 6.20 Å². The first kappa shape index (κ1) is 12.2. The van der Waals surface area contributed by atoms with E-state index < -0.39 is 0 Å². The number of hydrogen-bond acceptors (Lipinski definition) is 4. The van der Waals surface area contributed by atoms with Crippen molar-refractivity contribution in [3.63, 3.8) is 0 Å². The van der Waals surface area contributed by atoms with Crippen molar-refractivity contribution in [1.82, 2.24) is 9.55 Å². The number of carbonyl (C=O) groups is 1. The van der Waals surface area contributed by atoms with Crippen molar-refractivity contribution < 1.29 is 9.53 Å². The predicted molar refractivity (Wildman–Crippen MR) is 68.8 cm³/mol. The molecule has 18 heavy (non-hydrogen) atoms. The van der Waals surface area contributed by atoms with Gasteiger partial charge in [0.2, 0.25) is 0 Å². The number of rotatable bonds is 2. The van der Waals surface area contributed by atoms with E-state index in [2.05, 4.69) is 4.98 Å². The van der Waals surface area contributed by atoms with Gasteiger partial charge in [-0.2, -0.15) is 0 Å². The molecule has 0 saturated carbocycles. The van der Waals surface area contributed by atoms with Crippen molar-refractivity contribution >= 4 is 11.7 Å². The number of aryl methyl sites for hydroxylation is 2. The average molecular weight is 245 g/mol. The van der Waals surface area contributed by atoms with Crippen molar-refractivity contribution in [1.29, 1.82) is 0 Å². The Hall–Kier alpha value is -2.30. The minimum Gasteiger partial charge on any atom is -0.465 e. The fourth-order valence-corrected chi connectivity index (χ4v) is 1.86. The van der Waals surface area contributed by atoms with Crippen LogP contribution >= 0.6 is 0 Å². The van der Waals surface area contributed by atoms with E-state index in [4.69, 9.17) is 10.5 Å².